The SMILES string of the molecule is CC(=O)N(CC(=O)Nc1ccc(C)c(C)c1)c1ccc(F)cc1. The van der Waals surface area contributed by atoms with Crippen LogP contribution in [-0.4, -0.2) is 18.4 Å². The van der Waals surface area contributed by atoms with Gasteiger partial charge in [-0.25, -0.2) is 4.39 Å². The van der Waals surface area contributed by atoms with E-state index in [9.17, 15) is 14.0 Å². The predicted octanol–water partition coefficient (Wildman–Crippen LogP) is 3.43. The molecule has 2 aromatic rings. The molecule has 0 aliphatic heterocycles. The minimum atomic E-state index is -0.392. The molecule has 2 amide bonds. The second kappa shape index (κ2) is 7.05. The maximum atomic E-state index is 13.0. The van der Waals surface area contributed by atoms with Crippen molar-refractivity contribution >= 4 is 23.2 Å². The zero-order valence-electron chi connectivity index (χ0n) is 13.4. The van der Waals surface area contributed by atoms with E-state index in [0.29, 0.717) is 11.4 Å². The molecule has 0 spiro atoms. The van der Waals surface area contributed by atoms with Crippen molar-refractivity contribution < 1.29 is 14.0 Å². The van der Waals surface area contributed by atoms with E-state index in [4.69, 9.17) is 0 Å². The van der Waals surface area contributed by atoms with Gasteiger partial charge in [0.1, 0.15) is 12.4 Å². The third kappa shape index (κ3) is 4.39. The summed E-state index contributed by atoms with van der Waals surface area (Å²) < 4.78 is 13.0. The molecule has 2 rings (SSSR count). The van der Waals surface area contributed by atoms with Crippen LogP contribution in [0, 0.1) is 19.7 Å². The Labute approximate surface area is 134 Å². The van der Waals surface area contributed by atoms with E-state index in [1.165, 1.54) is 36.1 Å². The average molecular weight is 314 g/mol. The summed E-state index contributed by atoms with van der Waals surface area (Å²) in [6.07, 6.45) is 0. The van der Waals surface area contributed by atoms with Gasteiger partial charge in [-0.1, -0.05) is 6.07 Å². The fraction of sp³-hybridized carbons (Fsp3) is 0.222. The third-order valence-electron chi connectivity index (χ3n) is 3.61. The number of halogens is 1. The zero-order valence-corrected chi connectivity index (χ0v) is 13.4. The van der Waals surface area contributed by atoms with Gasteiger partial charge >= 0.3 is 0 Å². The third-order valence-corrected chi connectivity index (χ3v) is 3.61. The van der Waals surface area contributed by atoms with Crippen LogP contribution in [0.3, 0.4) is 0 Å². The Morgan fingerprint density at radius 1 is 1.04 bits per heavy atom. The van der Waals surface area contributed by atoms with Crippen molar-refractivity contribution in [1.82, 2.24) is 0 Å². The fourth-order valence-electron chi connectivity index (χ4n) is 2.17. The first-order valence-corrected chi connectivity index (χ1v) is 7.27. The van der Waals surface area contributed by atoms with Gasteiger partial charge in [0.2, 0.25) is 11.8 Å². The van der Waals surface area contributed by atoms with Crippen LogP contribution in [0.15, 0.2) is 42.5 Å². The molecule has 4 nitrogen and oxygen atoms in total. The Morgan fingerprint density at radius 2 is 1.70 bits per heavy atom. The van der Waals surface area contributed by atoms with Gasteiger partial charge in [0.25, 0.3) is 0 Å². The van der Waals surface area contributed by atoms with Crippen LogP contribution in [0.1, 0.15) is 18.1 Å². The van der Waals surface area contributed by atoms with Gasteiger partial charge in [-0.3, -0.25) is 9.59 Å². The summed E-state index contributed by atoms with van der Waals surface area (Å²) in [4.78, 5) is 25.3. The first-order valence-electron chi connectivity index (χ1n) is 7.27. The number of hydrogen-bond donors (Lipinski definition) is 1. The molecule has 5 heteroatoms. The molecule has 120 valence electrons. The number of amides is 2. The molecule has 0 heterocycles. The molecule has 0 aromatic heterocycles. The summed E-state index contributed by atoms with van der Waals surface area (Å²) in [7, 11) is 0. The molecule has 0 saturated heterocycles. The minimum absolute atomic E-state index is 0.131. The number of carbonyl (C=O) groups excluding carboxylic acids is 2. The number of rotatable bonds is 4. The van der Waals surface area contributed by atoms with Crippen molar-refractivity contribution in [3.63, 3.8) is 0 Å². The number of nitrogens with one attached hydrogen (secondary N) is 1. The van der Waals surface area contributed by atoms with Gasteiger partial charge < -0.3 is 10.2 Å². The number of benzene rings is 2. The van der Waals surface area contributed by atoms with E-state index < -0.39 is 5.82 Å². The summed E-state index contributed by atoms with van der Waals surface area (Å²) >= 11 is 0. The van der Waals surface area contributed by atoms with Crippen molar-refractivity contribution in [2.45, 2.75) is 20.8 Å². The Morgan fingerprint density at radius 3 is 2.26 bits per heavy atom. The second-order valence-electron chi connectivity index (χ2n) is 5.43. The van der Waals surface area contributed by atoms with Gasteiger partial charge in [-0.2, -0.15) is 0 Å². The standard InChI is InChI=1S/C18H19FN2O2/c1-12-4-7-16(10-13(12)2)20-18(23)11-21(14(3)22)17-8-5-15(19)6-9-17/h4-10H,11H2,1-3H3,(H,20,23). The molecular weight excluding hydrogens is 295 g/mol. The summed E-state index contributed by atoms with van der Waals surface area (Å²) in [6, 6.07) is 11.1. The maximum Gasteiger partial charge on any atom is 0.244 e. The van der Waals surface area contributed by atoms with Crippen molar-refractivity contribution in [2.75, 3.05) is 16.8 Å². The highest BCUT2D eigenvalue weighted by Gasteiger charge is 2.16. The molecule has 0 radical (unpaired) electrons. The quantitative estimate of drug-likeness (QED) is 0.940. The summed E-state index contributed by atoms with van der Waals surface area (Å²) in [5, 5.41) is 2.77. The van der Waals surface area contributed by atoms with Crippen molar-refractivity contribution in [3.05, 3.63) is 59.4 Å². The highest BCUT2D eigenvalue weighted by Crippen LogP contribution is 2.17. The monoisotopic (exact) mass is 314 g/mol. The fourth-order valence-corrected chi connectivity index (χ4v) is 2.17. The smallest absolute Gasteiger partial charge is 0.244 e. The lowest BCUT2D eigenvalue weighted by Crippen LogP contribution is -2.36. The molecule has 1 N–H and O–H groups in total. The van der Waals surface area contributed by atoms with Gasteiger partial charge in [0.15, 0.2) is 0 Å². The highest BCUT2D eigenvalue weighted by molar-refractivity contribution is 6.01. The number of nitrogens with zero attached hydrogens (tertiary/aromatic N) is 1. The Bertz CT molecular complexity index is 726. The Hall–Kier alpha value is -2.69. The normalized spacial score (nSPS) is 10.3. The summed E-state index contributed by atoms with van der Waals surface area (Å²) in [5.74, 6) is -0.989. The summed E-state index contributed by atoms with van der Waals surface area (Å²) in [6.45, 7) is 5.19. The molecule has 0 unspecified atom stereocenters. The first-order chi connectivity index (χ1) is 10.9. The van der Waals surface area contributed by atoms with Crippen LogP contribution in [0.4, 0.5) is 15.8 Å². The molecule has 0 aliphatic carbocycles. The maximum absolute atomic E-state index is 13.0. The van der Waals surface area contributed by atoms with Crippen molar-refractivity contribution in [1.29, 1.82) is 0 Å². The zero-order chi connectivity index (χ0) is 17.0. The van der Waals surface area contributed by atoms with E-state index in [0.717, 1.165) is 11.1 Å². The molecule has 0 atom stereocenters. The van der Waals surface area contributed by atoms with Crippen molar-refractivity contribution in [2.24, 2.45) is 0 Å². The van der Waals surface area contributed by atoms with Gasteiger partial charge in [0, 0.05) is 18.3 Å². The lowest BCUT2D eigenvalue weighted by Gasteiger charge is -2.20. The van der Waals surface area contributed by atoms with Gasteiger partial charge in [-0.05, 0) is 61.4 Å². The average Bonchev–Trinajstić information content (AvgIpc) is 2.49. The summed E-state index contributed by atoms with van der Waals surface area (Å²) in [5.41, 5.74) is 3.37. The molecule has 23 heavy (non-hydrogen) atoms. The topological polar surface area (TPSA) is 49.4 Å². The first kappa shape index (κ1) is 16.7. The number of carbonyl (C=O) groups is 2. The van der Waals surface area contributed by atoms with E-state index in [2.05, 4.69) is 5.32 Å². The number of anilines is 2. The lowest BCUT2D eigenvalue weighted by molar-refractivity contribution is -0.120. The van der Waals surface area contributed by atoms with Crippen LogP contribution in [0.25, 0.3) is 0 Å². The number of aryl methyl sites for hydroxylation is 2. The lowest BCUT2D eigenvalue weighted by atomic mass is 10.1. The van der Waals surface area contributed by atoms with Crippen molar-refractivity contribution in [3.8, 4) is 0 Å². The van der Waals surface area contributed by atoms with Gasteiger partial charge in [0.05, 0.1) is 0 Å². The van der Waals surface area contributed by atoms with Crippen LogP contribution in [0.5, 0.6) is 0 Å². The molecule has 0 aliphatic rings. The molecule has 2 aromatic carbocycles. The second-order valence-corrected chi connectivity index (χ2v) is 5.43. The van der Waals surface area contributed by atoms with E-state index in [1.807, 2.05) is 32.0 Å². The Balaban J connectivity index is 2.10. The molecule has 0 bridgehead atoms. The molecule has 0 fully saturated rings. The van der Waals surface area contributed by atoms with E-state index in [-0.39, 0.29) is 18.4 Å². The van der Waals surface area contributed by atoms with Crippen LogP contribution in [-0.2, 0) is 9.59 Å². The predicted molar refractivity (Wildman–Crippen MR) is 89.0 cm³/mol. The van der Waals surface area contributed by atoms with Gasteiger partial charge in [-0.15, -0.1) is 0 Å². The Kier molecular flexibility index (Phi) is 5.11. The highest BCUT2D eigenvalue weighted by atomic mass is 19.1. The van der Waals surface area contributed by atoms with E-state index >= 15 is 0 Å². The van der Waals surface area contributed by atoms with Crippen LogP contribution in [0.2, 0.25) is 0 Å². The van der Waals surface area contributed by atoms with Crippen LogP contribution >= 0.6 is 0 Å². The van der Waals surface area contributed by atoms with Crippen LogP contribution < -0.4 is 10.2 Å². The van der Waals surface area contributed by atoms with E-state index in [1.54, 1.807) is 0 Å². The minimum Gasteiger partial charge on any atom is -0.325 e. The number of hydrogen-bond acceptors (Lipinski definition) is 2. The molecule has 0 saturated carbocycles. The largest absolute Gasteiger partial charge is 0.325 e. The molecular formula is C18H19FN2O2.